The molecule has 0 aliphatic rings. The maximum Gasteiger partial charge on any atom is 0.224 e. The highest BCUT2D eigenvalue weighted by Gasteiger charge is 2.05. The number of unbranched alkanes of at least 4 members (excludes halogenated alkanes) is 1. The zero-order valence-corrected chi connectivity index (χ0v) is 14.6. The minimum atomic E-state index is 0.00101. The van der Waals surface area contributed by atoms with Crippen molar-refractivity contribution in [3.63, 3.8) is 0 Å². The number of aromatic hydroxyl groups is 1. The molecular weight excluding hydrogens is 324 g/mol. The number of hydrogen-bond donors (Lipinski definition) is 2. The third-order valence-electron chi connectivity index (χ3n) is 3.53. The van der Waals surface area contributed by atoms with E-state index in [0.29, 0.717) is 33.9 Å². The second-order valence-electron chi connectivity index (χ2n) is 5.62. The van der Waals surface area contributed by atoms with Crippen LogP contribution in [0.1, 0.15) is 37.3 Å². The number of aryl methyl sites for hydroxylation is 1. The van der Waals surface area contributed by atoms with Crippen molar-refractivity contribution in [2.24, 2.45) is 4.99 Å². The monoisotopic (exact) mass is 344 g/mol. The smallest absolute Gasteiger partial charge is 0.224 e. The fourth-order valence-electron chi connectivity index (χ4n) is 2.23. The third-order valence-corrected chi connectivity index (χ3v) is 3.75. The second-order valence-corrected chi connectivity index (χ2v) is 6.06. The van der Waals surface area contributed by atoms with Crippen LogP contribution in [0.3, 0.4) is 0 Å². The summed E-state index contributed by atoms with van der Waals surface area (Å²) in [5.41, 5.74) is 2.64. The molecule has 2 aromatic rings. The van der Waals surface area contributed by atoms with Crippen molar-refractivity contribution in [1.82, 2.24) is 0 Å². The normalized spacial score (nSPS) is 11.0. The Bertz CT molecular complexity index is 757. The molecule has 0 bridgehead atoms. The summed E-state index contributed by atoms with van der Waals surface area (Å²) < 4.78 is 0. The number of halogens is 1. The minimum absolute atomic E-state index is 0.00101. The van der Waals surface area contributed by atoms with Gasteiger partial charge in [0.05, 0.1) is 5.69 Å². The summed E-state index contributed by atoms with van der Waals surface area (Å²) >= 11 is 6.01. The molecule has 2 aromatic carbocycles. The fourth-order valence-corrected chi connectivity index (χ4v) is 2.51. The Morgan fingerprint density at radius 1 is 1.33 bits per heavy atom. The Morgan fingerprint density at radius 3 is 2.88 bits per heavy atom. The summed E-state index contributed by atoms with van der Waals surface area (Å²) in [5.74, 6) is 0.160. The first-order chi connectivity index (χ1) is 11.5. The number of aliphatic imine (C=N–C) groups is 1. The van der Waals surface area contributed by atoms with E-state index < -0.39 is 0 Å². The van der Waals surface area contributed by atoms with Gasteiger partial charge in [0.15, 0.2) is 0 Å². The highest BCUT2D eigenvalue weighted by Crippen LogP contribution is 2.26. The van der Waals surface area contributed by atoms with Crippen LogP contribution in [0.5, 0.6) is 5.75 Å². The number of phenolic OH excluding ortho intramolecular Hbond substituents is 1. The Labute approximate surface area is 147 Å². The Kier molecular flexibility index (Phi) is 6.38. The number of phenols is 1. The van der Waals surface area contributed by atoms with E-state index in [1.807, 2.05) is 18.2 Å². The molecule has 2 N–H and O–H groups in total. The van der Waals surface area contributed by atoms with Gasteiger partial charge in [-0.15, -0.1) is 0 Å². The number of anilines is 1. The SMILES string of the molecule is CCCCC(=O)Nc1cccc(N=Cc2cc(Cl)cc(C)c2O)c1. The standard InChI is InChI=1S/C19H21ClN2O2/c1-3-4-8-18(23)22-17-7-5-6-16(11-17)21-12-14-10-15(20)9-13(2)19(14)24/h5-7,9-12,24H,3-4,8H2,1-2H3,(H,22,23). The van der Waals surface area contributed by atoms with Crippen LogP contribution in [0.15, 0.2) is 41.4 Å². The molecule has 0 heterocycles. The summed E-state index contributed by atoms with van der Waals surface area (Å²) in [4.78, 5) is 16.1. The van der Waals surface area contributed by atoms with E-state index in [9.17, 15) is 9.90 Å². The maximum atomic E-state index is 11.8. The van der Waals surface area contributed by atoms with E-state index in [4.69, 9.17) is 11.6 Å². The summed E-state index contributed by atoms with van der Waals surface area (Å²) in [5, 5.41) is 13.5. The molecule has 0 atom stereocenters. The van der Waals surface area contributed by atoms with Crippen LogP contribution >= 0.6 is 11.6 Å². The van der Waals surface area contributed by atoms with Gasteiger partial charge in [-0.1, -0.05) is 31.0 Å². The van der Waals surface area contributed by atoms with Gasteiger partial charge in [-0.2, -0.15) is 0 Å². The summed E-state index contributed by atoms with van der Waals surface area (Å²) in [7, 11) is 0. The molecule has 5 heteroatoms. The van der Waals surface area contributed by atoms with Crippen molar-refractivity contribution in [3.05, 3.63) is 52.5 Å². The molecule has 0 saturated heterocycles. The molecule has 0 fully saturated rings. The maximum absolute atomic E-state index is 11.8. The van der Waals surface area contributed by atoms with Crippen LogP contribution in [-0.2, 0) is 4.79 Å². The van der Waals surface area contributed by atoms with Crippen molar-refractivity contribution < 1.29 is 9.90 Å². The van der Waals surface area contributed by atoms with Gasteiger partial charge in [0.2, 0.25) is 5.91 Å². The van der Waals surface area contributed by atoms with E-state index in [1.54, 1.807) is 31.3 Å². The predicted octanol–water partition coefficient (Wildman–Crippen LogP) is 5.23. The van der Waals surface area contributed by atoms with E-state index in [-0.39, 0.29) is 11.7 Å². The van der Waals surface area contributed by atoms with Gasteiger partial charge in [0.1, 0.15) is 5.75 Å². The van der Waals surface area contributed by atoms with Crippen molar-refractivity contribution in [1.29, 1.82) is 0 Å². The van der Waals surface area contributed by atoms with E-state index in [1.165, 1.54) is 0 Å². The third kappa shape index (κ3) is 5.10. The number of nitrogens with one attached hydrogen (secondary N) is 1. The Morgan fingerprint density at radius 2 is 2.12 bits per heavy atom. The number of nitrogens with zero attached hydrogens (tertiary/aromatic N) is 1. The largest absolute Gasteiger partial charge is 0.507 e. The number of carbonyl (C=O) groups excluding carboxylic acids is 1. The van der Waals surface area contributed by atoms with Crippen molar-refractivity contribution in [2.75, 3.05) is 5.32 Å². The predicted molar refractivity (Wildman–Crippen MR) is 99.7 cm³/mol. The molecule has 0 unspecified atom stereocenters. The van der Waals surface area contributed by atoms with E-state index in [2.05, 4.69) is 17.2 Å². The first kappa shape index (κ1) is 18.0. The average molecular weight is 345 g/mol. The van der Waals surface area contributed by atoms with Gasteiger partial charge < -0.3 is 10.4 Å². The molecule has 0 aliphatic heterocycles. The molecule has 0 aliphatic carbocycles. The summed E-state index contributed by atoms with van der Waals surface area (Å²) in [6.45, 7) is 3.83. The molecule has 24 heavy (non-hydrogen) atoms. The fraction of sp³-hybridized carbons (Fsp3) is 0.263. The van der Waals surface area contributed by atoms with Crippen LogP contribution < -0.4 is 5.32 Å². The molecular formula is C19H21ClN2O2. The van der Waals surface area contributed by atoms with Crippen LogP contribution in [0.2, 0.25) is 5.02 Å². The van der Waals surface area contributed by atoms with Gasteiger partial charge in [-0.3, -0.25) is 9.79 Å². The summed E-state index contributed by atoms with van der Waals surface area (Å²) in [6.07, 6.45) is 3.93. The molecule has 0 spiro atoms. The molecule has 0 saturated carbocycles. The number of hydrogen-bond acceptors (Lipinski definition) is 3. The van der Waals surface area contributed by atoms with Crippen LogP contribution in [0.4, 0.5) is 11.4 Å². The summed E-state index contributed by atoms with van der Waals surface area (Å²) in [6, 6.07) is 10.6. The molecule has 2 rings (SSSR count). The molecule has 4 nitrogen and oxygen atoms in total. The first-order valence-electron chi connectivity index (χ1n) is 7.92. The van der Waals surface area contributed by atoms with Gasteiger partial charge in [-0.05, 0) is 49.2 Å². The quantitative estimate of drug-likeness (QED) is 0.704. The van der Waals surface area contributed by atoms with E-state index >= 15 is 0 Å². The van der Waals surface area contributed by atoms with Gasteiger partial charge in [0, 0.05) is 28.9 Å². The lowest BCUT2D eigenvalue weighted by Crippen LogP contribution is -2.10. The number of amides is 1. The highest BCUT2D eigenvalue weighted by atomic mass is 35.5. The lowest BCUT2D eigenvalue weighted by Gasteiger charge is -2.06. The van der Waals surface area contributed by atoms with Crippen LogP contribution in [0, 0.1) is 6.92 Å². The van der Waals surface area contributed by atoms with E-state index in [0.717, 1.165) is 12.8 Å². The molecule has 0 radical (unpaired) electrons. The van der Waals surface area contributed by atoms with Crippen molar-refractivity contribution in [3.8, 4) is 5.75 Å². The Balaban J connectivity index is 2.13. The number of rotatable bonds is 6. The lowest BCUT2D eigenvalue weighted by atomic mass is 10.1. The number of carbonyl (C=O) groups is 1. The molecule has 126 valence electrons. The first-order valence-corrected chi connectivity index (χ1v) is 8.30. The molecule has 0 aromatic heterocycles. The Hall–Kier alpha value is -2.33. The number of benzene rings is 2. The topological polar surface area (TPSA) is 61.7 Å². The highest BCUT2D eigenvalue weighted by molar-refractivity contribution is 6.31. The zero-order valence-electron chi connectivity index (χ0n) is 13.8. The van der Waals surface area contributed by atoms with Gasteiger partial charge in [0.25, 0.3) is 0 Å². The zero-order chi connectivity index (χ0) is 17.5. The van der Waals surface area contributed by atoms with Crippen LogP contribution in [0.25, 0.3) is 0 Å². The van der Waals surface area contributed by atoms with Crippen molar-refractivity contribution in [2.45, 2.75) is 33.1 Å². The molecule has 1 amide bonds. The minimum Gasteiger partial charge on any atom is -0.507 e. The van der Waals surface area contributed by atoms with Gasteiger partial charge >= 0.3 is 0 Å². The lowest BCUT2D eigenvalue weighted by molar-refractivity contribution is -0.116. The average Bonchev–Trinajstić information content (AvgIpc) is 2.55. The van der Waals surface area contributed by atoms with Crippen molar-refractivity contribution >= 4 is 35.1 Å². The van der Waals surface area contributed by atoms with Gasteiger partial charge in [-0.25, -0.2) is 0 Å². The van der Waals surface area contributed by atoms with Crippen LogP contribution in [-0.4, -0.2) is 17.2 Å². The second kappa shape index (κ2) is 8.50.